The first kappa shape index (κ1) is 15.1. The van der Waals surface area contributed by atoms with Gasteiger partial charge in [-0.3, -0.25) is 0 Å². The lowest BCUT2D eigenvalue weighted by atomic mass is 9.87. The van der Waals surface area contributed by atoms with Crippen LogP contribution >= 0.6 is 0 Å². The summed E-state index contributed by atoms with van der Waals surface area (Å²) in [7, 11) is 0. The lowest BCUT2D eigenvalue weighted by molar-refractivity contribution is 0.266. The average molecular weight is 273 g/mol. The monoisotopic (exact) mass is 273 g/mol. The molecule has 0 saturated heterocycles. The van der Waals surface area contributed by atoms with E-state index >= 15 is 0 Å². The Morgan fingerprint density at radius 2 is 2.15 bits per heavy atom. The number of allylic oxidation sites excluding steroid dienone is 1. The number of benzene rings is 1. The smallest absolute Gasteiger partial charge is 0.126 e. The first-order valence-electron chi connectivity index (χ1n) is 7.87. The molecule has 1 saturated carbocycles. The molecule has 0 aliphatic heterocycles. The molecule has 2 atom stereocenters. The molecule has 0 bridgehead atoms. The van der Waals surface area contributed by atoms with E-state index in [1.165, 1.54) is 25.7 Å². The van der Waals surface area contributed by atoms with E-state index in [9.17, 15) is 0 Å². The molecule has 1 N–H and O–H groups in total. The third-order valence-electron chi connectivity index (χ3n) is 3.99. The standard InChI is InChI=1S/C18H27NO/c1-3-7-16-9-4-5-11-18(16)20-13-12-19-17-10-6-8-15(2)14-17/h3-5,7,9,11,15,17,19H,6,8,10,12-14H2,1-2H3. The van der Waals surface area contributed by atoms with Gasteiger partial charge < -0.3 is 10.1 Å². The summed E-state index contributed by atoms with van der Waals surface area (Å²) >= 11 is 0. The van der Waals surface area contributed by atoms with E-state index in [0.717, 1.165) is 30.4 Å². The van der Waals surface area contributed by atoms with Crippen LogP contribution in [0.2, 0.25) is 0 Å². The molecule has 2 heteroatoms. The van der Waals surface area contributed by atoms with Crippen LogP contribution in [0, 0.1) is 5.92 Å². The van der Waals surface area contributed by atoms with Crippen LogP contribution in [0.15, 0.2) is 30.3 Å². The van der Waals surface area contributed by atoms with Crippen LogP contribution in [0.4, 0.5) is 0 Å². The predicted molar refractivity (Wildman–Crippen MR) is 86.1 cm³/mol. The number of hydrogen-bond donors (Lipinski definition) is 1. The SMILES string of the molecule is CC=Cc1ccccc1OCCNC1CCCC(C)C1. The van der Waals surface area contributed by atoms with Crippen LogP contribution in [0.1, 0.15) is 45.1 Å². The zero-order valence-corrected chi connectivity index (χ0v) is 12.8. The minimum absolute atomic E-state index is 0.688. The molecule has 20 heavy (non-hydrogen) atoms. The molecule has 0 amide bonds. The Hall–Kier alpha value is -1.28. The summed E-state index contributed by atoms with van der Waals surface area (Å²) in [5, 5.41) is 3.63. The summed E-state index contributed by atoms with van der Waals surface area (Å²) in [6.45, 7) is 6.06. The van der Waals surface area contributed by atoms with Crippen molar-refractivity contribution in [3.63, 3.8) is 0 Å². The normalized spacial score (nSPS) is 23.1. The summed E-state index contributed by atoms with van der Waals surface area (Å²) in [4.78, 5) is 0. The van der Waals surface area contributed by atoms with Gasteiger partial charge in [-0.15, -0.1) is 0 Å². The molecule has 1 aromatic rings. The van der Waals surface area contributed by atoms with Crippen molar-refractivity contribution >= 4 is 6.08 Å². The second-order valence-electron chi connectivity index (χ2n) is 5.81. The topological polar surface area (TPSA) is 21.3 Å². The van der Waals surface area contributed by atoms with Crippen molar-refractivity contribution < 1.29 is 4.74 Å². The average Bonchev–Trinajstić information content (AvgIpc) is 2.46. The van der Waals surface area contributed by atoms with Gasteiger partial charge in [0, 0.05) is 18.2 Å². The van der Waals surface area contributed by atoms with E-state index in [-0.39, 0.29) is 0 Å². The highest BCUT2D eigenvalue weighted by atomic mass is 16.5. The van der Waals surface area contributed by atoms with Gasteiger partial charge in [-0.1, -0.05) is 50.1 Å². The van der Waals surface area contributed by atoms with E-state index in [1.54, 1.807) is 0 Å². The van der Waals surface area contributed by atoms with Crippen molar-refractivity contribution in [1.29, 1.82) is 0 Å². The number of rotatable bonds is 6. The van der Waals surface area contributed by atoms with Crippen molar-refractivity contribution in [2.24, 2.45) is 5.92 Å². The Balaban J connectivity index is 1.73. The molecule has 0 aromatic heterocycles. The van der Waals surface area contributed by atoms with E-state index in [4.69, 9.17) is 4.74 Å². The molecule has 0 heterocycles. The van der Waals surface area contributed by atoms with Gasteiger partial charge in [0.2, 0.25) is 0 Å². The fraction of sp³-hybridized carbons (Fsp3) is 0.556. The Labute approximate surface area is 123 Å². The van der Waals surface area contributed by atoms with Gasteiger partial charge >= 0.3 is 0 Å². The fourth-order valence-corrected chi connectivity index (χ4v) is 2.97. The largest absolute Gasteiger partial charge is 0.492 e. The third-order valence-corrected chi connectivity index (χ3v) is 3.99. The highest BCUT2D eigenvalue weighted by Crippen LogP contribution is 2.23. The zero-order chi connectivity index (χ0) is 14.2. The first-order chi connectivity index (χ1) is 9.79. The molecule has 2 unspecified atom stereocenters. The number of ether oxygens (including phenoxy) is 1. The molecule has 110 valence electrons. The highest BCUT2D eigenvalue weighted by molar-refractivity contribution is 5.56. The Morgan fingerprint density at radius 1 is 1.30 bits per heavy atom. The quantitative estimate of drug-likeness (QED) is 0.782. The Morgan fingerprint density at radius 3 is 2.95 bits per heavy atom. The van der Waals surface area contributed by atoms with Crippen LogP contribution in [-0.2, 0) is 0 Å². The fourth-order valence-electron chi connectivity index (χ4n) is 2.97. The van der Waals surface area contributed by atoms with Gasteiger partial charge in [-0.2, -0.15) is 0 Å². The van der Waals surface area contributed by atoms with Crippen LogP contribution in [0.3, 0.4) is 0 Å². The zero-order valence-electron chi connectivity index (χ0n) is 12.8. The number of hydrogen-bond acceptors (Lipinski definition) is 2. The maximum atomic E-state index is 5.89. The van der Waals surface area contributed by atoms with Gasteiger partial charge in [0.1, 0.15) is 12.4 Å². The van der Waals surface area contributed by atoms with Crippen LogP contribution in [0.5, 0.6) is 5.75 Å². The molecule has 1 aliphatic rings. The summed E-state index contributed by atoms with van der Waals surface area (Å²) in [6, 6.07) is 8.89. The summed E-state index contributed by atoms with van der Waals surface area (Å²) in [6.07, 6.45) is 9.53. The van der Waals surface area contributed by atoms with Gasteiger partial charge in [0.15, 0.2) is 0 Å². The van der Waals surface area contributed by atoms with Crippen molar-refractivity contribution in [2.75, 3.05) is 13.2 Å². The van der Waals surface area contributed by atoms with E-state index in [0.29, 0.717) is 6.04 Å². The molecule has 2 rings (SSSR count). The van der Waals surface area contributed by atoms with Crippen molar-refractivity contribution in [2.45, 2.75) is 45.6 Å². The minimum atomic E-state index is 0.688. The molecular weight excluding hydrogens is 246 g/mol. The Kier molecular flexibility index (Phi) is 6.13. The molecule has 1 aromatic carbocycles. The van der Waals surface area contributed by atoms with Gasteiger partial charge in [-0.05, 0) is 31.7 Å². The first-order valence-corrected chi connectivity index (χ1v) is 7.87. The van der Waals surface area contributed by atoms with Gasteiger partial charge in [0.05, 0.1) is 0 Å². The summed E-state index contributed by atoms with van der Waals surface area (Å²) < 4.78 is 5.89. The van der Waals surface area contributed by atoms with Gasteiger partial charge in [0.25, 0.3) is 0 Å². The molecular formula is C18H27NO. The maximum absolute atomic E-state index is 5.89. The second kappa shape index (κ2) is 8.11. The van der Waals surface area contributed by atoms with Crippen molar-refractivity contribution in [1.82, 2.24) is 5.32 Å². The van der Waals surface area contributed by atoms with E-state index in [1.807, 2.05) is 31.2 Å². The molecule has 1 aliphatic carbocycles. The van der Waals surface area contributed by atoms with Crippen LogP contribution in [0.25, 0.3) is 6.08 Å². The highest BCUT2D eigenvalue weighted by Gasteiger charge is 2.17. The van der Waals surface area contributed by atoms with Gasteiger partial charge in [-0.25, -0.2) is 0 Å². The number of para-hydroxylation sites is 1. The second-order valence-corrected chi connectivity index (χ2v) is 5.81. The lowest BCUT2D eigenvalue weighted by Crippen LogP contribution is -2.36. The van der Waals surface area contributed by atoms with E-state index < -0.39 is 0 Å². The molecule has 0 spiro atoms. The Bertz CT molecular complexity index is 427. The molecule has 0 radical (unpaired) electrons. The molecule has 1 fully saturated rings. The minimum Gasteiger partial charge on any atom is -0.492 e. The van der Waals surface area contributed by atoms with Crippen LogP contribution in [-0.4, -0.2) is 19.2 Å². The predicted octanol–water partition coefficient (Wildman–Crippen LogP) is 4.27. The lowest BCUT2D eigenvalue weighted by Gasteiger charge is -2.27. The summed E-state index contributed by atoms with van der Waals surface area (Å²) in [5.74, 6) is 1.85. The van der Waals surface area contributed by atoms with Crippen molar-refractivity contribution in [3.8, 4) is 5.75 Å². The van der Waals surface area contributed by atoms with Crippen LogP contribution < -0.4 is 10.1 Å². The number of nitrogens with one attached hydrogen (secondary N) is 1. The third kappa shape index (κ3) is 4.68. The van der Waals surface area contributed by atoms with Crippen molar-refractivity contribution in [3.05, 3.63) is 35.9 Å². The summed E-state index contributed by atoms with van der Waals surface area (Å²) in [5.41, 5.74) is 1.15. The van der Waals surface area contributed by atoms with E-state index in [2.05, 4.69) is 24.4 Å². The molecule has 2 nitrogen and oxygen atoms in total. The maximum Gasteiger partial charge on any atom is 0.126 e.